The lowest BCUT2D eigenvalue weighted by molar-refractivity contribution is 0.0949. The summed E-state index contributed by atoms with van der Waals surface area (Å²) in [6.45, 7) is 5.56. The number of rotatable bonds is 10. The number of thioether (sulfide) groups is 1. The van der Waals surface area contributed by atoms with Gasteiger partial charge in [-0.3, -0.25) is 4.79 Å². The van der Waals surface area contributed by atoms with Crippen molar-refractivity contribution in [3.05, 3.63) is 35.7 Å². The minimum absolute atomic E-state index is 0.129. The van der Waals surface area contributed by atoms with E-state index in [1.807, 2.05) is 0 Å². The molecule has 0 aliphatic carbocycles. The molecule has 1 aromatic heterocycles. The number of carbonyl (C=O) groups excluding carboxylic acids is 1. The van der Waals surface area contributed by atoms with Crippen molar-refractivity contribution in [3.63, 3.8) is 0 Å². The standard InChI is InChI=1S/C18H26N4O2S/c1-4-6-11-22-16(20-21-18(22)25-12-5-2)13-19-17(23)14-7-9-15(24-3)10-8-14/h7-10H,4-6,11-13H2,1-3H3,(H,19,23). The van der Waals surface area contributed by atoms with E-state index in [4.69, 9.17) is 4.74 Å². The number of aromatic nitrogens is 3. The number of nitrogens with zero attached hydrogens (tertiary/aromatic N) is 3. The van der Waals surface area contributed by atoms with Crippen molar-refractivity contribution in [2.75, 3.05) is 12.9 Å². The molecule has 2 aromatic rings. The maximum absolute atomic E-state index is 12.3. The molecule has 0 saturated carbocycles. The number of carbonyl (C=O) groups is 1. The second-order valence-electron chi connectivity index (χ2n) is 5.66. The number of unbranched alkanes of at least 4 members (excludes halogenated alkanes) is 1. The van der Waals surface area contributed by atoms with E-state index in [1.165, 1.54) is 0 Å². The molecule has 1 N–H and O–H groups in total. The van der Waals surface area contributed by atoms with Crippen molar-refractivity contribution in [1.82, 2.24) is 20.1 Å². The van der Waals surface area contributed by atoms with Crippen LogP contribution in [0.5, 0.6) is 5.75 Å². The van der Waals surface area contributed by atoms with Gasteiger partial charge in [-0.15, -0.1) is 10.2 Å². The summed E-state index contributed by atoms with van der Waals surface area (Å²) in [7, 11) is 1.60. The largest absolute Gasteiger partial charge is 0.497 e. The van der Waals surface area contributed by atoms with Crippen molar-refractivity contribution < 1.29 is 9.53 Å². The molecule has 1 amide bonds. The van der Waals surface area contributed by atoms with Gasteiger partial charge in [0.1, 0.15) is 5.75 Å². The second kappa shape index (κ2) is 10.1. The Morgan fingerprint density at radius 3 is 2.60 bits per heavy atom. The lowest BCUT2D eigenvalue weighted by atomic mass is 10.2. The first-order chi connectivity index (χ1) is 12.2. The molecule has 0 radical (unpaired) electrons. The zero-order valence-electron chi connectivity index (χ0n) is 15.1. The third kappa shape index (κ3) is 5.49. The van der Waals surface area contributed by atoms with Crippen LogP contribution in [0.4, 0.5) is 0 Å². The van der Waals surface area contributed by atoms with Gasteiger partial charge in [-0.2, -0.15) is 0 Å². The molecular weight excluding hydrogens is 336 g/mol. The molecule has 6 nitrogen and oxygen atoms in total. The Bertz CT molecular complexity index is 670. The third-order valence-corrected chi connectivity index (χ3v) is 4.90. The highest BCUT2D eigenvalue weighted by atomic mass is 32.2. The number of methoxy groups -OCH3 is 1. The van der Waals surface area contributed by atoms with Crippen LogP contribution in [0, 0.1) is 0 Å². The first-order valence-electron chi connectivity index (χ1n) is 8.66. The first-order valence-corrected chi connectivity index (χ1v) is 9.65. The molecule has 0 spiro atoms. The maximum Gasteiger partial charge on any atom is 0.251 e. The van der Waals surface area contributed by atoms with E-state index in [-0.39, 0.29) is 5.91 Å². The number of ether oxygens (including phenoxy) is 1. The average Bonchev–Trinajstić information content (AvgIpc) is 3.04. The van der Waals surface area contributed by atoms with Gasteiger partial charge in [0.05, 0.1) is 13.7 Å². The van der Waals surface area contributed by atoms with Crippen LogP contribution in [-0.4, -0.2) is 33.5 Å². The fraction of sp³-hybridized carbons (Fsp3) is 0.500. The van der Waals surface area contributed by atoms with E-state index < -0.39 is 0 Å². The minimum Gasteiger partial charge on any atom is -0.497 e. The van der Waals surface area contributed by atoms with Crippen molar-refractivity contribution in [2.45, 2.75) is 51.4 Å². The summed E-state index contributed by atoms with van der Waals surface area (Å²) >= 11 is 1.72. The van der Waals surface area contributed by atoms with Crippen LogP contribution in [0.1, 0.15) is 49.3 Å². The zero-order chi connectivity index (χ0) is 18.1. The lowest BCUT2D eigenvalue weighted by Crippen LogP contribution is -2.25. The summed E-state index contributed by atoms with van der Waals surface area (Å²) in [4.78, 5) is 12.3. The van der Waals surface area contributed by atoms with Gasteiger partial charge >= 0.3 is 0 Å². The Morgan fingerprint density at radius 1 is 1.20 bits per heavy atom. The predicted molar refractivity (Wildman–Crippen MR) is 100 cm³/mol. The Balaban J connectivity index is 2.02. The van der Waals surface area contributed by atoms with Gasteiger partial charge in [-0.05, 0) is 37.1 Å². The maximum atomic E-state index is 12.3. The first kappa shape index (κ1) is 19.3. The summed E-state index contributed by atoms with van der Waals surface area (Å²) in [6, 6.07) is 7.05. The SMILES string of the molecule is CCCCn1c(CNC(=O)c2ccc(OC)cc2)nnc1SCCC. The van der Waals surface area contributed by atoms with E-state index >= 15 is 0 Å². The molecule has 0 unspecified atom stereocenters. The van der Waals surface area contributed by atoms with Crippen LogP contribution in [0.3, 0.4) is 0 Å². The van der Waals surface area contributed by atoms with Crippen LogP contribution in [0.15, 0.2) is 29.4 Å². The van der Waals surface area contributed by atoms with Crippen molar-refractivity contribution in [1.29, 1.82) is 0 Å². The van der Waals surface area contributed by atoms with Gasteiger partial charge in [-0.25, -0.2) is 0 Å². The molecule has 136 valence electrons. The van der Waals surface area contributed by atoms with Gasteiger partial charge in [0.2, 0.25) is 0 Å². The van der Waals surface area contributed by atoms with Gasteiger partial charge < -0.3 is 14.6 Å². The van der Waals surface area contributed by atoms with E-state index in [9.17, 15) is 4.79 Å². The summed E-state index contributed by atoms with van der Waals surface area (Å²) in [6.07, 6.45) is 3.26. The van der Waals surface area contributed by atoms with Crippen LogP contribution < -0.4 is 10.1 Å². The smallest absolute Gasteiger partial charge is 0.251 e. The highest BCUT2D eigenvalue weighted by Crippen LogP contribution is 2.19. The topological polar surface area (TPSA) is 69.0 Å². The van der Waals surface area contributed by atoms with Gasteiger partial charge in [-0.1, -0.05) is 32.0 Å². The Morgan fingerprint density at radius 2 is 1.96 bits per heavy atom. The molecule has 0 aliphatic heterocycles. The molecular formula is C18H26N4O2S. The van der Waals surface area contributed by atoms with Crippen LogP contribution in [-0.2, 0) is 13.1 Å². The molecule has 0 saturated heterocycles. The number of hydrogen-bond donors (Lipinski definition) is 1. The normalized spacial score (nSPS) is 10.7. The summed E-state index contributed by atoms with van der Waals surface area (Å²) in [5.41, 5.74) is 0.598. The zero-order valence-corrected chi connectivity index (χ0v) is 15.9. The molecule has 0 aliphatic rings. The summed E-state index contributed by atoms with van der Waals surface area (Å²) < 4.78 is 7.23. The van der Waals surface area contributed by atoms with E-state index in [2.05, 4.69) is 33.9 Å². The van der Waals surface area contributed by atoms with Crippen LogP contribution in [0.25, 0.3) is 0 Å². The number of hydrogen-bond acceptors (Lipinski definition) is 5. The third-order valence-electron chi connectivity index (χ3n) is 3.72. The molecule has 0 atom stereocenters. The van der Waals surface area contributed by atoms with E-state index in [1.54, 1.807) is 43.1 Å². The molecule has 2 rings (SSSR count). The number of benzene rings is 1. The summed E-state index contributed by atoms with van der Waals surface area (Å²) in [5, 5.41) is 12.4. The van der Waals surface area contributed by atoms with Crippen LogP contribution >= 0.6 is 11.8 Å². The van der Waals surface area contributed by atoms with Gasteiger partial charge in [0.25, 0.3) is 5.91 Å². The minimum atomic E-state index is -0.129. The number of amides is 1. The molecule has 25 heavy (non-hydrogen) atoms. The number of nitrogens with one attached hydrogen (secondary N) is 1. The fourth-order valence-electron chi connectivity index (χ4n) is 2.29. The Kier molecular flexibility index (Phi) is 7.78. The van der Waals surface area contributed by atoms with Crippen molar-refractivity contribution in [2.24, 2.45) is 0 Å². The van der Waals surface area contributed by atoms with E-state index in [0.717, 1.165) is 48.3 Å². The average molecular weight is 362 g/mol. The fourth-order valence-corrected chi connectivity index (χ4v) is 3.13. The molecule has 1 heterocycles. The van der Waals surface area contributed by atoms with Crippen LogP contribution in [0.2, 0.25) is 0 Å². The molecule has 7 heteroatoms. The molecule has 0 bridgehead atoms. The Labute approximate surface area is 153 Å². The predicted octanol–water partition coefficient (Wildman–Crippen LogP) is 3.52. The lowest BCUT2D eigenvalue weighted by Gasteiger charge is -2.10. The summed E-state index contributed by atoms with van der Waals surface area (Å²) in [5.74, 6) is 2.42. The quantitative estimate of drug-likeness (QED) is 0.655. The molecule has 1 aromatic carbocycles. The van der Waals surface area contributed by atoms with Crippen molar-refractivity contribution in [3.8, 4) is 5.75 Å². The highest BCUT2D eigenvalue weighted by Gasteiger charge is 2.13. The van der Waals surface area contributed by atoms with E-state index in [0.29, 0.717) is 12.1 Å². The van der Waals surface area contributed by atoms with Gasteiger partial charge in [0.15, 0.2) is 11.0 Å². The second-order valence-corrected chi connectivity index (χ2v) is 6.73. The highest BCUT2D eigenvalue weighted by molar-refractivity contribution is 7.99. The van der Waals surface area contributed by atoms with Gasteiger partial charge in [0, 0.05) is 17.9 Å². The van der Waals surface area contributed by atoms with Crippen molar-refractivity contribution >= 4 is 17.7 Å². The Hall–Kier alpha value is -2.02. The monoisotopic (exact) mass is 362 g/mol. The molecule has 0 fully saturated rings.